The van der Waals surface area contributed by atoms with Crippen LogP contribution in [0.1, 0.15) is 57.2 Å². The number of benzene rings is 1. The number of hydrogen-bond donors (Lipinski definition) is 1. The Morgan fingerprint density at radius 1 is 1.06 bits per heavy atom. The normalized spacial score (nSPS) is 12.6. The quantitative estimate of drug-likeness (QED) is 0.336. The van der Waals surface area contributed by atoms with Gasteiger partial charge in [0.15, 0.2) is 5.82 Å². The maximum Gasteiger partial charge on any atom is 0.421 e. The summed E-state index contributed by atoms with van der Waals surface area (Å²) in [5, 5.41) is 9.36. The second-order valence-corrected chi connectivity index (χ2v) is 8.82. The second-order valence-electron chi connectivity index (χ2n) is 8.82. The number of nitrogens with zero attached hydrogens (tertiary/aromatic N) is 3. The topological polar surface area (TPSA) is 85.2 Å². The first kappa shape index (κ1) is 27.1. The minimum atomic E-state index is -4.64. The molecule has 6 nitrogen and oxygen atoms in total. The molecule has 0 bridgehead atoms. The van der Waals surface area contributed by atoms with Crippen LogP contribution in [0.25, 0.3) is 22.5 Å². The van der Waals surface area contributed by atoms with Crippen LogP contribution in [0.2, 0.25) is 0 Å². The van der Waals surface area contributed by atoms with Crippen molar-refractivity contribution < 1.29 is 27.8 Å². The number of aromatic nitrogens is 3. The van der Waals surface area contributed by atoms with E-state index in [4.69, 9.17) is 4.74 Å². The summed E-state index contributed by atoms with van der Waals surface area (Å²) in [6.07, 6.45) is 1.82. The van der Waals surface area contributed by atoms with E-state index in [9.17, 15) is 23.1 Å². The molecule has 3 aromatic rings. The number of ether oxygens (including phenoxy) is 1. The van der Waals surface area contributed by atoms with Gasteiger partial charge in [-0.2, -0.15) is 13.2 Å². The van der Waals surface area contributed by atoms with E-state index in [1.807, 2.05) is 32.0 Å². The number of rotatable bonds is 10. The van der Waals surface area contributed by atoms with Gasteiger partial charge in [0.25, 0.3) is 0 Å². The van der Waals surface area contributed by atoms with Crippen molar-refractivity contribution in [3.05, 3.63) is 59.5 Å². The molecular formula is C27H30F3N3O3. The first-order valence-corrected chi connectivity index (χ1v) is 11.9. The van der Waals surface area contributed by atoms with E-state index >= 15 is 0 Å². The molecule has 192 valence electrons. The van der Waals surface area contributed by atoms with Crippen LogP contribution in [0, 0.1) is 5.92 Å². The molecule has 9 heteroatoms. The molecule has 1 aromatic carbocycles. The van der Waals surface area contributed by atoms with Crippen LogP contribution in [0.3, 0.4) is 0 Å². The molecule has 0 fully saturated rings. The lowest BCUT2D eigenvalue weighted by Gasteiger charge is -2.16. The monoisotopic (exact) mass is 501 g/mol. The highest BCUT2D eigenvalue weighted by atomic mass is 19.4. The molecule has 0 radical (unpaired) electrons. The van der Waals surface area contributed by atoms with E-state index < -0.39 is 35.6 Å². The third-order valence-corrected chi connectivity index (χ3v) is 5.96. The van der Waals surface area contributed by atoms with Crippen molar-refractivity contribution in [2.45, 2.75) is 65.7 Å². The molecule has 1 atom stereocenters. The van der Waals surface area contributed by atoms with Crippen molar-refractivity contribution in [3.8, 4) is 28.4 Å². The Balaban J connectivity index is 1.91. The van der Waals surface area contributed by atoms with Gasteiger partial charge in [-0.1, -0.05) is 32.0 Å². The van der Waals surface area contributed by atoms with Gasteiger partial charge in [-0.3, -0.25) is 4.79 Å². The minimum Gasteiger partial charge on any atom is -0.481 e. The zero-order valence-electron chi connectivity index (χ0n) is 20.8. The molecule has 2 heterocycles. The summed E-state index contributed by atoms with van der Waals surface area (Å²) in [7, 11) is 0. The highest BCUT2D eigenvalue weighted by molar-refractivity contribution is 5.70. The van der Waals surface area contributed by atoms with Crippen molar-refractivity contribution in [2.75, 3.05) is 0 Å². The standard InChI is InChI=1S/C27H30F3N3O3/c1-5-17(26(34)35)10-11-18-8-7-9-22(21(18)6-2)20-14-31-24(32-15-20)19-12-23(27(28,29)30)25(33-13-19)36-16(3)4/h7-9,12-17H,5-6,10-11H2,1-4H3,(H,34,35). The third kappa shape index (κ3) is 6.38. The first-order chi connectivity index (χ1) is 17.0. The number of alkyl halides is 3. The summed E-state index contributed by atoms with van der Waals surface area (Å²) < 4.78 is 46.0. The molecule has 0 saturated heterocycles. The molecule has 0 spiro atoms. The average Bonchev–Trinajstić information content (AvgIpc) is 2.83. The smallest absolute Gasteiger partial charge is 0.421 e. The number of aliphatic carboxylic acids is 1. The van der Waals surface area contributed by atoms with E-state index in [2.05, 4.69) is 15.0 Å². The van der Waals surface area contributed by atoms with E-state index in [-0.39, 0.29) is 11.4 Å². The van der Waals surface area contributed by atoms with Crippen LogP contribution in [0.5, 0.6) is 5.88 Å². The zero-order valence-corrected chi connectivity index (χ0v) is 20.8. The molecular weight excluding hydrogens is 471 g/mol. The molecule has 0 saturated carbocycles. The van der Waals surface area contributed by atoms with Crippen LogP contribution in [0.4, 0.5) is 13.2 Å². The van der Waals surface area contributed by atoms with Gasteiger partial charge in [0.05, 0.1) is 12.0 Å². The lowest BCUT2D eigenvalue weighted by atomic mass is 9.90. The van der Waals surface area contributed by atoms with Crippen molar-refractivity contribution in [1.29, 1.82) is 0 Å². The summed E-state index contributed by atoms with van der Waals surface area (Å²) in [6, 6.07) is 6.80. The van der Waals surface area contributed by atoms with Gasteiger partial charge in [-0.15, -0.1) is 0 Å². The molecule has 0 aliphatic rings. The van der Waals surface area contributed by atoms with Gasteiger partial charge < -0.3 is 9.84 Å². The Labute approximate surface area is 208 Å². The predicted molar refractivity (Wildman–Crippen MR) is 131 cm³/mol. The van der Waals surface area contributed by atoms with Crippen LogP contribution in [0.15, 0.2) is 42.9 Å². The van der Waals surface area contributed by atoms with Gasteiger partial charge in [0, 0.05) is 29.7 Å². The SMILES string of the molecule is CCc1c(CCC(CC)C(=O)O)cccc1-c1cnc(-c2cnc(OC(C)C)c(C(F)(F)F)c2)nc1. The summed E-state index contributed by atoms with van der Waals surface area (Å²) in [5.41, 5.74) is 2.94. The van der Waals surface area contributed by atoms with Gasteiger partial charge >= 0.3 is 12.1 Å². The van der Waals surface area contributed by atoms with Crippen molar-refractivity contribution >= 4 is 5.97 Å². The van der Waals surface area contributed by atoms with Gasteiger partial charge in [0.2, 0.25) is 5.88 Å². The Kier molecular flexibility index (Phi) is 8.66. The number of aryl methyl sites for hydroxylation is 1. The molecule has 1 N–H and O–H groups in total. The van der Waals surface area contributed by atoms with Crippen molar-refractivity contribution in [3.63, 3.8) is 0 Å². The van der Waals surface area contributed by atoms with Crippen LogP contribution < -0.4 is 4.74 Å². The van der Waals surface area contributed by atoms with Crippen molar-refractivity contribution in [2.24, 2.45) is 5.92 Å². The van der Waals surface area contributed by atoms with Crippen LogP contribution in [-0.2, 0) is 23.8 Å². The largest absolute Gasteiger partial charge is 0.481 e. The number of pyridine rings is 1. The fourth-order valence-corrected chi connectivity index (χ4v) is 4.10. The Hall–Kier alpha value is -3.49. The highest BCUT2D eigenvalue weighted by Crippen LogP contribution is 2.37. The lowest BCUT2D eigenvalue weighted by molar-refractivity contribution is -0.142. The van der Waals surface area contributed by atoms with E-state index in [1.165, 1.54) is 6.20 Å². The van der Waals surface area contributed by atoms with Gasteiger partial charge in [-0.05, 0) is 62.3 Å². The molecule has 36 heavy (non-hydrogen) atoms. The van der Waals surface area contributed by atoms with Gasteiger partial charge in [-0.25, -0.2) is 15.0 Å². The Morgan fingerprint density at radius 3 is 2.28 bits per heavy atom. The molecule has 3 rings (SSSR count). The third-order valence-electron chi connectivity index (χ3n) is 5.96. The summed E-state index contributed by atoms with van der Waals surface area (Å²) in [5.74, 6) is -1.54. The lowest BCUT2D eigenvalue weighted by Crippen LogP contribution is -2.14. The highest BCUT2D eigenvalue weighted by Gasteiger charge is 2.36. The second kappa shape index (κ2) is 11.5. The number of halogens is 3. The van der Waals surface area contributed by atoms with Crippen LogP contribution >= 0.6 is 0 Å². The molecule has 0 aliphatic carbocycles. The first-order valence-electron chi connectivity index (χ1n) is 11.9. The zero-order chi connectivity index (χ0) is 26.5. The van der Waals surface area contributed by atoms with E-state index in [1.54, 1.807) is 26.2 Å². The minimum absolute atomic E-state index is 0.120. The number of carbonyl (C=O) groups is 1. The Morgan fingerprint density at radius 2 is 1.72 bits per heavy atom. The fraction of sp³-hybridized carbons (Fsp3) is 0.407. The summed E-state index contributed by atoms with van der Waals surface area (Å²) in [6.45, 7) is 7.15. The number of carboxylic acids is 1. The molecule has 0 amide bonds. The summed E-state index contributed by atoms with van der Waals surface area (Å²) >= 11 is 0. The van der Waals surface area contributed by atoms with E-state index in [0.717, 1.165) is 34.7 Å². The maximum atomic E-state index is 13.6. The van der Waals surface area contributed by atoms with Crippen LogP contribution in [-0.4, -0.2) is 32.1 Å². The molecule has 0 aliphatic heterocycles. The van der Waals surface area contributed by atoms with Crippen molar-refractivity contribution in [1.82, 2.24) is 15.0 Å². The predicted octanol–water partition coefficient (Wildman–Crippen LogP) is 6.62. The average molecular weight is 502 g/mol. The maximum absolute atomic E-state index is 13.6. The molecule has 2 aromatic heterocycles. The number of carboxylic acid groups (broad SMARTS) is 1. The van der Waals surface area contributed by atoms with Gasteiger partial charge in [0.1, 0.15) is 5.56 Å². The fourth-order valence-electron chi connectivity index (χ4n) is 4.10. The summed E-state index contributed by atoms with van der Waals surface area (Å²) in [4.78, 5) is 23.9. The number of hydrogen-bond acceptors (Lipinski definition) is 5. The van der Waals surface area contributed by atoms with E-state index in [0.29, 0.717) is 19.3 Å². The molecule has 1 unspecified atom stereocenters. The Bertz CT molecular complexity index is 1200.